The molecule has 0 bridgehead atoms. The minimum atomic E-state index is -4.69. The molecule has 0 aliphatic carbocycles. The van der Waals surface area contributed by atoms with Crippen molar-refractivity contribution in [1.29, 1.82) is 0 Å². The molecule has 0 saturated heterocycles. The molecule has 4 nitrogen and oxygen atoms in total. The maximum Gasteiger partial charge on any atom is 0.573 e. The van der Waals surface area contributed by atoms with Gasteiger partial charge < -0.3 is 10.1 Å². The lowest BCUT2D eigenvalue weighted by Crippen LogP contribution is -2.18. The van der Waals surface area contributed by atoms with Crippen LogP contribution >= 0.6 is 0 Å². The molecule has 0 fully saturated rings. The van der Waals surface area contributed by atoms with Crippen molar-refractivity contribution in [3.05, 3.63) is 42.2 Å². The van der Waals surface area contributed by atoms with Gasteiger partial charge in [0.05, 0.1) is 11.9 Å². The first kappa shape index (κ1) is 13.3. The maximum absolute atomic E-state index is 12.2. The average Bonchev–Trinajstić information content (AvgIpc) is 2.72. The van der Waals surface area contributed by atoms with Crippen molar-refractivity contribution in [2.45, 2.75) is 12.9 Å². The third-order valence-corrected chi connectivity index (χ3v) is 2.39. The Kier molecular flexibility index (Phi) is 3.64. The van der Waals surface area contributed by atoms with Crippen molar-refractivity contribution in [3.8, 4) is 5.75 Å². The molecule has 0 saturated carbocycles. The number of benzene rings is 1. The normalized spacial score (nSPS) is 11.4. The van der Waals surface area contributed by atoms with E-state index >= 15 is 0 Å². The standard InChI is InChI=1S/C12H12F3N3O/c1-18-8-10(7-17-18)16-6-9-4-2-3-5-11(9)19-12(13,14)15/h2-5,7-8,16H,6H2,1H3. The lowest BCUT2D eigenvalue weighted by Gasteiger charge is -2.13. The van der Waals surface area contributed by atoms with Crippen LogP contribution in [-0.2, 0) is 13.6 Å². The fourth-order valence-electron chi connectivity index (χ4n) is 1.58. The lowest BCUT2D eigenvalue weighted by atomic mass is 10.2. The number of nitrogens with zero attached hydrogens (tertiary/aromatic N) is 2. The largest absolute Gasteiger partial charge is 0.573 e. The summed E-state index contributed by atoms with van der Waals surface area (Å²) >= 11 is 0. The first-order chi connectivity index (χ1) is 8.94. The number of hydrogen-bond acceptors (Lipinski definition) is 3. The summed E-state index contributed by atoms with van der Waals surface area (Å²) < 4.78 is 42.3. The van der Waals surface area contributed by atoms with Gasteiger partial charge in [0.1, 0.15) is 5.75 Å². The van der Waals surface area contributed by atoms with Gasteiger partial charge >= 0.3 is 6.36 Å². The van der Waals surface area contributed by atoms with Crippen molar-refractivity contribution in [3.63, 3.8) is 0 Å². The van der Waals surface area contributed by atoms with Gasteiger partial charge in [-0.05, 0) is 6.07 Å². The minimum Gasteiger partial charge on any atom is -0.405 e. The van der Waals surface area contributed by atoms with E-state index in [0.717, 1.165) is 5.69 Å². The molecule has 1 aromatic carbocycles. The first-order valence-electron chi connectivity index (χ1n) is 5.50. The van der Waals surface area contributed by atoms with E-state index in [-0.39, 0.29) is 12.3 Å². The summed E-state index contributed by atoms with van der Waals surface area (Å²) in [5, 5.41) is 6.93. The molecule has 19 heavy (non-hydrogen) atoms. The van der Waals surface area contributed by atoms with Crippen LogP contribution in [0.5, 0.6) is 5.75 Å². The highest BCUT2D eigenvalue weighted by Crippen LogP contribution is 2.26. The van der Waals surface area contributed by atoms with Crippen LogP contribution in [0.15, 0.2) is 36.7 Å². The van der Waals surface area contributed by atoms with Crippen molar-refractivity contribution < 1.29 is 17.9 Å². The van der Waals surface area contributed by atoms with Crippen LogP contribution in [0.1, 0.15) is 5.56 Å². The molecule has 0 radical (unpaired) electrons. The summed E-state index contributed by atoms with van der Waals surface area (Å²) in [6.45, 7) is 0.220. The Labute approximate surface area is 107 Å². The van der Waals surface area contributed by atoms with E-state index in [1.807, 2.05) is 0 Å². The summed E-state index contributed by atoms with van der Waals surface area (Å²) in [6.07, 6.45) is -1.37. The van der Waals surface area contributed by atoms with Gasteiger partial charge in [0.25, 0.3) is 0 Å². The topological polar surface area (TPSA) is 39.1 Å². The number of aromatic nitrogens is 2. The highest BCUT2D eigenvalue weighted by molar-refractivity contribution is 5.42. The van der Waals surface area contributed by atoms with E-state index in [1.54, 1.807) is 36.3 Å². The Morgan fingerprint density at radius 3 is 2.68 bits per heavy atom. The molecule has 0 spiro atoms. The van der Waals surface area contributed by atoms with Gasteiger partial charge in [0.2, 0.25) is 0 Å². The molecule has 0 aliphatic heterocycles. The average molecular weight is 271 g/mol. The molecule has 2 rings (SSSR count). The predicted molar refractivity (Wildman–Crippen MR) is 63.7 cm³/mol. The summed E-state index contributed by atoms with van der Waals surface area (Å²) in [5.41, 5.74) is 1.15. The second kappa shape index (κ2) is 5.21. The number of nitrogens with one attached hydrogen (secondary N) is 1. The fourth-order valence-corrected chi connectivity index (χ4v) is 1.58. The van der Waals surface area contributed by atoms with E-state index < -0.39 is 6.36 Å². The second-order valence-electron chi connectivity index (χ2n) is 3.91. The Morgan fingerprint density at radius 2 is 2.05 bits per heavy atom. The monoisotopic (exact) mass is 271 g/mol. The highest BCUT2D eigenvalue weighted by atomic mass is 19.4. The van der Waals surface area contributed by atoms with Crippen LogP contribution < -0.4 is 10.1 Å². The molecule has 0 atom stereocenters. The Morgan fingerprint density at radius 1 is 1.32 bits per heavy atom. The van der Waals surface area contributed by atoms with Gasteiger partial charge in [-0.25, -0.2) is 0 Å². The lowest BCUT2D eigenvalue weighted by molar-refractivity contribution is -0.274. The number of para-hydroxylation sites is 1. The molecule has 0 unspecified atom stereocenters. The van der Waals surface area contributed by atoms with Crippen LogP contribution in [0.3, 0.4) is 0 Å². The van der Waals surface area contributed by atoms with Gasteiger partial charge in [-0.15, -0.1) is 13.2 Å². The molecule has 1 aromatic heterocycles. The van der Waals surface area contributed by atoms with E-state index in [1.165, 1.54) is 12.1 Å². The third-order valence-electron chi connectivity index (χ3n) is 2.39. The predicted octanol–water partition coefficient (Wildman–Crippen LogP) is 2.93. The van der Waals surface area contributed by atoms with Crippen LogP contribution in [0, 0.1) is 0 Å². The molecule has 0 aliphatic rings. The van der Waals surface area contributed by atoms with E-state index in [4.69, 9.17) is 0 Å². The number of rotatable bonds is 4. The maximum atomic E-state index is 12.2. The summed E-state index contributed by atoms with van der Waals surface area (Å²) in [5.74, 6) is -0.202. The van der Waals surface area contributed by atoms with E-state index in [9.17, 15) is 13.2 Å². The SMILES string of the molecule is Cn1cc(NCc2ccccc2OC(F)(F)F)cn1. The number of ether oxygens (including phenoxy) is 1. The quantitative estimate of drug-likeness (QED) is 0.929. The van der Waals surface area contributed by atoms with Crippen LogP contribution in [0.4, 0.5) is 18.9 Å². The Bertz CT molecular complexity index is 551. The molecule has 1 heterocycles. The number of anilines is 1. The van der Waals surface area contributed by atoms with Gasteiger partial charge in [-0.3, -0.25) is 4.68 Å². The molecular formula is C12H12F3N3O. The summed E-state index contributed by atoms with van der Waals surface area (Å²) in [7, 11) is 1.76. The molecule has 1 N–H and O–H groups in total. The highest BCUT2D eigenvalue weighted by Gasteiger charge is 2.31. The molecule has 102 valence electrons. The number of hydrogen-bond donors (Lipinski definition) is 1. The van der Waals surface area contributed by atoms with Gasteiger partial charge in [0, 0.05) is 25.4 Å². The third kappa shape index (κ3) is 3.90. The van der Waals surface area contributed by atoms with Crippen LogP contribution in [-0.4, -0.2) is 16.1 Å². The molecular weight excluding hydrogens is 259 g/mol. The number of alkyl halides is 3. The van der Waals surface area contributed by atoms with Gasteiger partial charge in [-0.2, -0.15) is 5.10 Å². The minimum absolute atomic E-state index is 0.202. The zero-order valence-corrected chi connectivity index (χ0v) is 10.1. The zero-order valence-electron chi connectivity index (χ0n) is 10.1. The fraction of sp³-hybridized carbons (Fsp3) is 0.250. The Hall–Kier alpha value is -2.18. The number of aryl methyl sites for hydroxylation is 1. The molecule has 2 aromatic rings. The van der Waals surface area contributed by atoms with E-state index in [2.05, 4.69) is 15.2 Å². The van der Waals surface area contributed by atoms with Crippen LogP contribution in [0.25, 0.3) is 0 Å². The van der Waals surface area contributed by atoms with Crippen LogP contribution in [0.2, 0.25) is 0 Å². The van der Waals surface area contributed by atoms with Crippen molar-refractivity contribution >= 4 is 5.69 Å². The first-order valence-corrected chi connectivity index (χ1v) is 5.50. The van der Waals surface area contributed by atoms with Crippen molar-refractivity contribution in [2.24, 2.45) is 7.05 Å². The molecule has 0 amide bonds. The summed E-state index contributed by atoms with van der Waals surface area (Å²) in [6, 6.07) is 6.01. The summed E-state index contributed by atoms with van der Waals surface area (Å²) in [4.78, 5) is 0. The Balaban J connectivity index is 2.07. The van der Waals surface area contributed by atoms with Crippen molar-refractivity contribution in [2.75, 3.05) is 5.32 Å². The van der Waals surface area contributed by atoms with E-state index in [0.29, 0.717) is 5.56 Å². The zero-order chi connectivity index (χ0) is 13.9. The van der Waals surface area contributed by atoms with Gasteiger partial charge in [-0.1, -0.05) is 18.2 Å². The van der Waals surface area contributed by atoms with Crippen molar-refractivity contribution in [1.82, 2.24) is 9.78 Å². The van der Waals surface area contributed by atoms with Gasteiger partial charge in [0.15, 0.2) is 0 Å². The second-order valence-corrected chi connectivity index (χ2v) is 3.91. The number of halogens is 3. The smallest absolute Gasteiger partial charge is 0.405 e. The molecule has 7 heteroatoms.